The number of nitrogens with one attached hydrogen (secondary N) is 1. The number of hydrogen-bond acceptors (Lipinski definition) is 5. The molecular weight excluding hydrogens is 356 g/mol. The highest BCUT2D eigenvalue weighted by molar-refractivity contribution is 5.96. The van der Waals surface area contributed by atoms with Gasteiger partial charge in [-0.05, 0) is 61.6 Å². The predicted octanol–water partition coefficient (Wildman–Crippen LogP) is 2.97. The summed E-state index contributed by atoms with van der Waals surface area (Å²) < 4.78 is 6.38. The Bertz CT molecular complexity index is 1270. The van der Waals surface area contributed by atoms with Crippen LogP contribution in [0.1, 0.15) is 34.5 Å². The molecule has 0 aliphatic heterocycles. The number of carbonyl (C=O) groups is 1. The molecule has 1 N–H and O–H groups in total. The topological polar surface area (TPSA) is 89.9 Å². The van der Waals surface area contributed by atoms with E-state index >= 15 is 0 Å². The summed E-state index contributed by atoms with van der Waals surface area (Å²) in [6, 6.07) is 12.5. The van der Waals surface area contributed by atoms with Crippen LogP contribution in [0.25, 0.3) is 21.8 Å². The molecule has 0 bridgehead atoms. The maximum Gasteiger partial charge on any atom is 0.339 e. The molecule has 7 heteroatoms. The maximum absolute atomic E-state index is 12.5. The highest BCUT2D eigenvalue weighted by Crippen LogP contribution is 2.29. The van der Waals surface area contributed by atoms with Crippen molar-refractivity contribution in [3.63, 3.8) is 0 Å². The minimum atomic E-state index is -0.491. The fourth-order valence-electron chi connectivity index (χ4n) is 3.84. The number of nitrogens with zero attached hydrogens (tertiary/aromatic N) is 3. The van der Waals surface area contributed by atoms with Gasteiger partial charge in [0, 0.05) is 16.6 Å². The van der Waals surface area contributed by atoms with Gasteiger partial charge in [0.25, 0.3) is 5.56 Å². The third-order valence-electron chi connectivity index (χ3n) is 5.28. The number of rotatable bonds is 3. The number of hydrogen-bond donors (Lipinski definition) is 1. The average molecular weight is 374 g/mol. The second-order valence-corrected chi connectivity index (χ2v) is 7.02. The Morgan fingerprint density at radius 2 is 1.96 bits per heavy atom. The minimum Gasteiger partial charge on any atom is -0.439 e. The zero-order valence-corrected chi connectivity index (χ0v) is 15.1. The number of aryl methyl sites for hydroxylation is 2. The van der Waals surface area contributed by atoms with Crippen molar-refractivity contribution in [1.82, 2.24) is 20.0 Å². The van der Waals surface area contributed by atoms with E-state index in [4.69, 9.17) is 4.74 Å². The number of esters is 1. The zero-order valence-electron chi connectivity index (χ0n) is 15.1. The number of ether oxygens (including phenoxy) is 1. The Labute approximate surface area is 159 Å². The Morgan fingerprint density at radius 3 is 2.89 bits per heavy atom. The first-order chi connectivity index (χ1) is 13.7. The van der Waals surface area contributed by atoms with Gasteiger partial charge in [-0.25, -0.2) is 4.79 Å². The monoisotopic (exact) mass is 374 g/mol. The van der Waals surface area contributed by atoms with Gasteiger partial charge in [0.15, 0.2) is 6.73 Å². The summed E-state index contributed by atoms with van der Waals surface area (Å²) in [4.78, 5) is 28.4. The van der Waals surface area contributed by atoms with Gasteiger partial charge in [0.1, 0.15) is 5.52 Å². The summed E-state index contributed by atoms with van der Waals surface area (Å²) in [6.07, 6.45) is 4.43. The molecule has 5 rings (SSSR count). The molecule has 28 heavy (non-hydrogen) atoms. The van der Waals surface area contributed by atoms with Crippen LogP contribution >= 0.6 is 0 Å². The third-order valence-corrected chi connectivity index (χ3v) is 5.28. The van der Waals surface area contributed by atoms with Crippen LogP contribution in [0.5, 0.6) is 0 Å². The van der Waals surface area contributed by atoms with E-state index in [1.54, 1.807) is 30.3 Å². The van der Waals surface area contributed by atoms with E-state index in [2.05, 4.69) is 15.3 Å². The molecule has 0 unspecified atom stereocenters. The molecule has 0 radical (unpaired) electrons. The van der Waals surface area contributed by atoms with Gasteiger partial charge < -0.3 is 9.72 Å². The Kier molecular flexibility index (Phi) is 3.93. The van der Waals surface area contributed by atoms with Crippen LogP contribution in [-0.4, -0.2) is 25.9 Å². The number of benzene rings is 2. The van der Waals surface area contributed by atoms with Gasteiger partial charge in [0.05, 0.1) is 10.9 Å². The van der Waals surface area contributed by atoms with Crippen molar-refractivity contribution in [1.29, 1.82) is 0 Å². The van der Waals surface area contributed by atoms with Crippen molar-refractivity contribution in [2.24, 2.45) is 0 Å². The van der Waals surface area contributed by atoms with Gasteiger partial charge in [-0.1, -0.05) is 17.3 Å². The highest BCUT2D eigenvalue weighted by Gasteiger charge is 2.17. The summed E-state index contributed by atoms with van der Waals surface area (Å²) in [5, 5.41) is 9.35. The van der Waals surface area contributed by atoms with Crippen molar-refractivity contribution in [3.8, 4) is 0 Å². The van der Waals surface area contributed by atoms with E-state index in [9.17, 15) is 9.59 Å². The van der Waals surface area contributed by atoms with Crippen molar-refractivity contribution < 1.29 is 9.53 Å². The van der Waals surface area contributed by atoms with Crippen LogP contribution in [-0.2, 0) is 24.3 Å². The fourth-order valence-corrected chi connectivity index (χ4v) is 3.84. The smallest absolute Gasteiger partial charge is 0.339 e. The first kappa shape index (κ1) is 16.7. The highest BCUT2D eigenvalue weighted by atomic mass is 16.5. The lowest BCUT2D eigenvalue weighted by Crippen LogP contribution is -2.26. The third kappa shape index (κ3) is 2.76. The standard InChI is InChI=1S/C21H18N4O3/c26-20-15-6-2-4-8-19(15)23-24-25(20)12-28-21(27)13-9-10-18-16(11-13)14-5-1-3-7-17(14)22-18/h2,4,6,8-11,22H,1,3,5,7,12H2. The summed E-state index contributed by atoms with van der Waals surface area (Å²) in [7, 11) is 0. The van der Waals surface area contributed by atoms with Crippen LogP contribution < -0.4 is 5.56 Å². The molecule has 0 amide bonds. The molecule has 2 aromatic carbocycles. The first-order valence-electron chi connectivity index (χ1n) is 9.34. The molecule has 0 saturated heterocycles. The van der Waals surface area contributed by atoms with Gasteiger partial charge in [-0.3, -0.25) is 4.79 Å². The molecular formula is C21H18N4O3. The van der Waals surface area contributed by atoms with Crippen molar-refractivity contribution in [2.45, 2.75) is 32.4 Å². The normalized spacial score (nSPS) is 13.6. The van der Waals surface area contributed by atoms with Crippen LogP contribution in [0.4, 0.5) is 0 Å². The lowest BCUT2D eigenvalue weighted by Gasteiger charge is -2.10. The average Bonchev–Trinajstić information content (AvgIpc) is 3.11. The van der Waals surface area contributed by atoms with Gasteiger partial charge >= 0.3 is 5.97 Å². The van der Waals surface area contributed by atoms with E-state index in [1.807, 2.05) is 12.1 Å². The SMILES string of the molecule is O=C(OCn1nnc2ccccc2c1=O)c1ccc2[nH]c3c(c2c1)CCCC3. The lowest BCUT2D eigenvalue weighted by atomic mass is 9.95. The molecule has 1 aliphatic rings. The Morgan fingerprint density at radius 1 is 1.11 bits per heavy atom. The Hall–Kier alpha value is -3.48. The summed E-state index contributed by atoms with van der Waals surface area (Å²) in [5.74, 6) is -0.491. The van der Waals surface area contributed by atoms with Gasteiger partial charge in [-0.2, -0.15) is 4.68 Å². The van der Waals surface area contributed by atoms with Crippen molar-refractivity contribution >= 4 is 27.8 Å². The van der Waals surface area contributed by atoms with Crippen LogP contribution in [0.3, 0.4) is 0 Å². The number of carbonyl (C=O) groups excluding carboxylic acids is 1. The number of H-pyrrole nitrogens is 1. The molecule has 0 fully saturated rings. The van der Waals surface area contributed by atoms with Crippen LogP contribution in [0.2, 0.25) is 0 Å². The van der Waals surface area contributed by atoms with E-state index in [-0.39, 0.29) is 12.3 Å². The number of aromatic amines is 1. The van der Waals surface area contributed by atoms with Crippen molar-refractivity contribution in [2.75, 3.05) is 0 Å². The number of aromatic nitrogens is 4. The quantitative estimate of drug-likeness (QED) is 0.557. The van der Waals surface area contributed by atoms with Crippen LogP contribution in [0.15, 0.2) is 47.3 Å². The summed E-state index contributed by atoms with van der Waals surface area (Å²) >= 11 is 0. The second-order valence-electron chi connectivity index (χ2n) is 7.02. The second kappa shape index (κ2) is 6.60. The molecule has 0 spiro atoms. The predicted molar refractivity (Wildman–Crippen MR) is 104 cm³/mol. The largest absolute Gasteiger partial charge is 0.439 e. The van der Waals surface area contributed by atoms with E-state index < -0.39 is 5.97 Å². The van der Waals surface area contributed by atoms with Gasteiger partial charge in [-0.15, -0.1) is 5.10 Å². The minimum absolute atomic E-state index is 0.279. The maximum atomic E-state index is 12.5. The van der Waals surface area contributed by atoms with E-state index in [1.165, 1.54) is 17.7 Å². The molecule has 140 valence electrons. The Balaban J connectivity index is 1.40. The fraction of sp³-hybridized carbons (Fsp3) is 0.238. The molecule has 4 aromatic rings. The summed E-state index contributed by atoms with van der Waals surface area (Å²) in [6.45, 7) is -0.279. The van der Waals surface area contributed by atoms with Crippen molar-refractivity contribution in [3.05, 3.63) is 69.6 Å². The molecule has 7 nitrogen and oxygen atoms in total. The molecule has 2 aromatic heterocycles. The zero-order chi connectivity index (χ0) is 19.1. The van der Waals surface area contributed by atoms with Gasteiger partial charge in [0.2, 0.25) is 0 Å². The van der Waals surface area contributed by atoms with E-state index in [0.717, 1.165) is 34.8 Å². The molecule has 1 aliphatic carbocycles. The molecule has 0 saturated carbocycles. The first-order valence-corrected chi connectivity index (χ1v) is 9.34. The summed E-state index contributed by atoms with van der Waals surface area (Å²) in [5.41, 5.74) is 4.24. The van der Waals surface area contributed by atoms with E-state index in [0.29, 0.717) is 16.5 Å². The lowest BCUT2D eigenvalue weighted by molar-refractivity contribution is 0.0336. The molecule has 0 atom stereocenters. The molecule has 2 heterocycles. The number of fused-ring (bicyclic) bond motifs is 4. The van der Waals surface area contributed by atoms with Crippen LogP contribution in [0, 0.1) is 0 Å².